The van der Waals surface area contributed by atoms with Crippen LogP contribution in [0.4, 0.5) is 5.69 Å². The Hall–Kier alpha value is -3.39. The van der Waals surface area contributed by atoms with Crippen LogP contribution in [0.1, 0.15) is 43.6 Å². The predicted octanol–water partition coefficient (Wildman–Crippen LogP) is 3.02. The summed E-state index contributed by atoms with van der Waals surface area (Å²) in [6.45, 7) is 1.46. The molecule has 1 aliphatic heterocycles. The summed E-state index contributed by atoms with van der Waals surface area (Å²) >= 11 is 5.93. The lowest BCUT2D eigenvalue weighted by Crippen LogP contribution is -2.49. The zero-order chi connectivity index (χ0) is 22.1. The fourth-order valence-electron chi connectivity index (χ4n) is 3.11. The van der Waals surface area contributed by atoms with Crippen molar-refractivity contribution >= 4 is 41.1 Å². The van der Waals surface area contributed by atoms with Gasteiger partial charge in [0.2, 0.25) is 0 Å². The van der Waals surface area contributed by atoms with Crippen LogP contribution in [-0.2, 0) is 25.4 Å². The number of nitrogens with one attached hydrogen (secondary N) is 1. The fourth-order valence-corrected chi connectivity index (χ4v) is 3.29. The van der Waals surface area contributed by atoms with Crippen LogP contribution in [0.3, 0.4) is 0 Å². The van der Waals surface area contributed by atoms with Crippen LogP contribution in [-0.4, -0.2) is 43.6 Å². The first-order chi connectivity index (χ1) is 14.2. The maximum absolute atomic E-state index is 13.0. The summed E-state index contributed by atoms with van der Waals surface area (Å²) in [6.07, 6.45) is 0.0985. The van der Waals surface area contributed by atoms with Gasteiger partial charge in [-0.1, -0.05) is 17.7 Å². The van der Waals surface area contributed by atoms with E-state index in [-0.39, 0.29) is 28.8 Å². The Morgan fingerprint density at radius 2 is 1.77 bits per heavy atom. The Kier molecular flexibility index (Phi) is 5.80. The summed E-state index contributed by atoms with van der Waals surface area (Å²) < 4.78 is 14.8. The van der Waals surface area contributed by atoms with E-state index < -0.39 is 29.4 Å². The van der Waals surface area contributed by atoms with E-state index in [0.717, 1.165) is 0 Å². The SMILES string of the molecule is COC(=O)c1ccc(C(=O)OC)c(NC(=O)[C@]2(C)Cc3ccc(Cl)cc3C(=O)O2)c1. The summed E-state index contributed by atoms with van der Waals surface area (Å²) in [7, 11) is 2.40. The summed E-state index contributed by atoms with van der Waals surface area (Å²) in [6, 6.07) is 8.74. The standard InChI is InChI=1S/C21H18ClNO7/c1-21(10-12-4-6-13(22)9-15(12)19(26)30-21)20(27)23-16-8-11(17(24)28-2)5-7-14(16)18(25)29-3/h4-9H,10H2,1-3H3,(H,23,27)/t21-/m0/s1. The van der Waals surface area contributed by atoms with Crippen molar-refractivity contribution in [2.24, 2.45) is 0 Å². The lowest BCUT2D eigenvalue weighted by atomic mass is 9.89. The molecule has 0 bridgehead atoms. The third-order valence-corrected chi connectivity index (χ3v) is 4.95. The Morgan fingerprint density at radius 3 is 2.43 bits per heavy atom. The van der Waals surface area contributed by atoms with Crippen molar-refractivity contribution in [3.05, 3.63) is 63.7 Å². The van der Waals surface area contributed by atoms with Crippen molar-refractivity contribution in [3.8, 4) is 0 Å². The lowest BCUT2D eigenvalue weighted by molar-refractivity contribution is -0.134. The zero-order valence-electron chi connectivity index (χ0n) is 16.4. The summed E-state index contributed by atoms with van der Waals surface area (Å²) in [5, 5.41) is 2.94. The molecule has 0 saturated carbocycles. The largest absolute Gasteiger partial charge is 0.465 e. The van der Waals surface area contributed by atoms with Crippen molar-refractivity contribution in [3.63, 3.8) is 0 Å². The van der Waals surface area contributed by atoms with Crippen LogP contribution >= 0.6 is 11.6 Å². The van der Waals surface area contributed by atoms with Crippen molar-refractivity contribution < 1.29 is 33.4 Å². The van der Waals surface area contributed by atoms with Gasteiger partial charge in [-0.3, -0.25) is 4.79 Å². The van der Waals surface area contributed by atoms with Gasteiger partial charge < -0.3 is 19.5 Å². The first-order valence-corrected chi connectivity index (χ1v) is 9.20. The van der Waals surface area contributed by atoms with Crippen molar-refractivity contribution in [1.29, 1.82) is 0 Å². The number of anilines is 1. The summed E-state index contributed by atoms with van der Waals surface area (Å²) in [5.74, 6) is -2.73. The van der Waals surface area contributed by atoms with Gasteiger partial charge in [-0.15, -0.1) is 0 Å². The Balaban J connectivity index is 1.94. The minimum Gasteiger partial charge on any atom is -0.465 e. The van der Waals surface area contributed by atoms with Gasteiger partial charge in [0.25, 0.3) is 5.91 Å². The molecule has 8 nitrogen and oxygen atoms in total. The Morgan fingerprint density at radius 1 is 1.07 bits per heavy atom. The topological polar surface area (TPSA) is 108 Å². The molecular weight excluding hydrogens is 414 g/mol. The van der Waals surface area contributed by atoms with Gasteiger partial charge in [0.15, 0.2) is 5.60 Å². The predicted molar refractivity (Wildman–Crippen MR) is 107 cm³/mol. The maximum atomic E-state index is 13.0. The molecule has 1 heterocycles. The molecule has 2 aromatic rings. The van der Waals surface area contributed by atoms with E-state index in [1.54, 1.807) is 12.1 Å². The van der Waals surface area contributed by atoms with E-state index >= 15 is 0 Å². The van der Waals surface area contributed by atoms with Gasteiger partial charge in [0.05, 0.1) is 36.6 Å². The second-order valence-electron chi connectivity index (χ2n) is 6.80. The Bertz CT molecular complexity index is 1070. The molecule has 0 saturated heterocycles. The van der Waals surface area contributed by atoms with E-state index in [2.05, 4.69) is 10.1 Å². The molecular formula is C21H18ClNO7. The number of carbonyl (C=O) groups excluding carboxylic acids is 4. The quantitative estimate of drug-likeness (QED) is 0.585. The Labute approximate surface area is 177 Å². The molecule has 1 atom stereocenters. The second kappa shape index (κ2) is 8.16. The van der Waals surface area contributed by atoms with Crippen LogP contribution < -0.4 is 5.32 Å². The number of hydrogen-bond donors (Lipinski definition) is 1. The number of fused-ring (bicyclic) bond motifs is 1. The highest BCUT2D eigenvalue weighted by molar-refractivity contribution is 6.31. The molecule has 3 rings (SSSR count). The highest BCUT2D eigenvalue weighted by atomic mass is 35.5. The molecule has 0 aromatic heterocycles. The van der Waals surface area contributed by atoms with E-state index in [1.807, 2.05) is 0 Å². The summed E-state index contributed by atoms with van der Waals surface area (Å²) in [5.41, 5.74) is -0.496. The smallest absolute Gasteiger partial charge is 0.339 e. The van der Waals surface area contributed by atoms with Crippen LogP contribution in [0, 0.1) is 0 Å². The number of ether oxygens (including phenoxy) is 3. The van der Waals surface area contributed by atoms with E-state index in [1.165, 1.54) is 45.4 Å². The normalized spacial score (nSPS) is 17.4. The molecule has 9 heteroatoms. The average Bonchev–Trinajstić information content (AvgIpc) is 2.73. The number of halogens is 1. The van der Waals surface area contributed by atoms with Gasteiger partial charge in [-0.2, -0.15) is 0 Å². The zero-order valence-corrected chi connectivity index (χ0v) is 17.2. The van der Waals surface area contributed by atoms with Gasteiger partial charge in [-0.25, -0.2) is 14.4 Å². The van der Waals surface area contributed by atoms with Crippen LogP contribution in [0.2, 0.25) is 5.02 Å². The van der Waals surface area contributed by atoms with Crippen molar-refractivity contribution in [1.82, 2.24) is 0 Å². The molecule has 156 valence electrons. The molecule has 0 fully saturated rings. The molecule has 0 aliphatic carbocycles. The molecule has 0 spiro atoms. The lowest BCUT2D eigenvalue weighted by Gasteiger charge is -2.33. The molecule has 0 radical (unpaired) electrons. The van der Waals surface area contributed by atoms with Gasteiger partial charge >= 0.3 is 17.9 Å². The van der Waals surface area contributed by atoms with Crippen molar-refractivity contribution in [2.45, 2.75) is 18.9 Å². The minimum atomic E-state index is -1.55. The number of rotatable bonds is 4. The van der Waals surface area contributed by atoms with Gasteiger partial charge in [-0.05, 0) is 42.8 Å². The van der Waals surface area contributed by atoms with Crippen LogP contribution in [0.5, 0.6) is 0 Å². The van der Waals surface area contributed by atoms with Gasteiger partial charge in [0, 0.05) is 11.4 Å². The molecule has 2 aromatic carbocycles. The van der Waals surface area contributed by atoms with Crippen LogP contribution in [0.15, 0.2) is 36.4 Å². The maximum Gasteiger partial charge on any atom is 0.339 e. The third kappa shape index (κ3) is 3.99. The minimum absolute atomic E-state index is 0.0222. The molecule has 1 N–H and O–H groups in total. The first-order valence-electron chi connectivity index (χ1n) is 8.82. The second-order valence-corrected chi connectivity index (χ2v) is 7.23. The van der Waals surface area contributed by atoms with Crippen molar-refractivity contribution in [2.75, 3.05) is 19.5 Å². The highest BCUT2D eigenvalue weighted by Gasteiger charge is 2.43. The molecule has 30 heavy (non-hydrogen) atoms. The number of esters is 3. The number of amides is 1. The molecule has 1 amide bonds. The average molecular weight is 432 g/mol. The molecule has 1 aliphatic rings. The fraction of sp³-hybridized carbons (Fsp3) is 0.238. The van der Waals surface area contributed by atoms with Gasteiger partial charge in [0.1, 0.15) is 0 Å². The number of methoxy groups -OCH3 is 2. The number of cyclic esters (lactones) is 1. The molecule has 0 unspecified atom stereocenters. The highest BCUT2D eigenvalue weighted by Crippen LogP contribution is 2.31. The number of hydrogen-bond acceptors (Lipinski definition) is 7. The monoisotopic (exact) mass is 431 g/mol. The van der Waals surface area contributed by atoms with E-state index in [0.29, 0.717) is 10.6 Å². The van der Waals surface area contributed by atoms with E-state index in [4.69, 9.17) is 21.1 Å². The van der Waals surface area contributed by atoms with Crippen LogP contribution in [0.25, 0.3) is 0 Å². The van der Waals surface area contributed by atoms with E-state index in [9.17, 15) is 19.2 Å². The summed E-state index contributed by atoms with van der Waals surface area (Å²) in [4.78, 5) is 49.4. The third-order valence-electron chi connectivity index (χ3n) is 4.71. The first kappa shape index (κ1) is 21.3. The number of benzene rings is 2. The number of carbonyl (C=O) groups is 4.